The number of anilines is 1. The van der Waals surface area contributed by atoms with Gasteiger partial charge < -0.3 is 5.32 Å². The summed E-state index contributed by atoms with van der Waals surface area (Å²) in [6, 6.07) is 14.0. The second kappa shape index (κ2) is 4.70. The van der Waals surface area contributed by atoms with Gasteiger partial charge in [0.25, 0.3) is 0 Å². The smallest absolute Gasteiger partial charge is 0.0670 e. The summed E-state index contributed by atoms with van der Waals surface area (Å²) in [7, 11) is 0. The SMILES string of the molecule is Clc1ccccc1CNc1ccc2cn[nH]c2c1. The number of rotatable bonds is 3. The standard InChI is InChI=1S/C14H12ClN3/c15-13-4-2-1-3-10(13)8-16-12-6-5-11-9-17-18-14(11)7-12/h1-7,9,16H,8H2,(H,17,18). The third kappa shape index (κ3) is 2.17. The molecule has 0 atom stereocenters. The van der Waals surface area contributed by atoms with Gasteiger partial charge in [0.05, 0.1) is 11.7 Å². The summed E-state index contributed by atoms with van der Waals surface area (Å²) in [5.74, 6) is 0. The van der Waals surface area contributed by atoms with Crippen molar-refractivity contribution in [2.75, 3.05) is 5.32 Å². The summed E-state index contributed by atoms with van der Waals surface area (Å²) in [4.78, 5) is 0. The lowest BCUT2D eigenvalue weighted by Gasteiger charge is -2.07. The van der Waals surface area contributed by atoms with Gasteiger partial charge in [-0.2, -0.15) is 5.10 Å². The zero-order valence-electron chi connectivity index (χ0n) is 9.65. The number of benzene rings is 2. The Morgan fingerprint density at radius 2 is 2.06 bits per heavy atom. The van der Waals surface area contributed by atoms with Crippen molar-refractivity contribution in [1.82, 2.24) is 10.2 Å². The quantitative estimate of drug-likeness (QED) is 0.749. The molecule has 3 nitrogen and oxygen atoms in total. The van der Waals surface area contributed by atoms with E-state index in [0.29, 0.717) is 6.54 Å². The third-order valence-corrected chi connectivity index (χ3v) is 3.25. The molecule has 0 radical (unpaired) electrons. The maximum atomic E-state index is 6.11. The average molecular weight is 258 g/mol. The van der Waals surface area contributed by atoms with Crippen LogP contribution in [0.15, 0.2) is 48.7 Å². The normalized spacial score (nSPS) is 10.7. The van der Waals surface area contributed by atoms with Gasteiger partial charge in [-0.25, -0.2) is 0 Å². The molecule has 3 aromatic rings. The molecule has 3 rings (SSSR count). The summed E-state index contributed by atoms with van der Waals surface area (Å²) < 4.78 is 0. The van der Waals surface area contributed by atoms with Gasteiger partial charge in [-0.3, -0.25) is 5.10 Å². The van der Waals surface area contributed by atoms with E-state index in [2.05, 4.69) is 15.5 Å². The molecule has 0 saturated heterocycles. The summed E-state index contributed by atoms with van der Waals surface area (Å²) in [6.45, 7) is 0.708. The summed E-state index contributed by atoms with van der Waals surface area (Å²) in [5, 5.41) is 12.2. The third-order valence-electron chi connectivity index (χ3n) is 2.88. The number of hydrogen-bond acceptors (Lipinski definition) is 2. The van der Waals surface area contributed by atoms with Crippen molar-refractivity contribution in [3.63, 3.8) is 0 Å². The van der Waals surface area contributed by atoms with Crippen molar-refractivity contribution >= 4 is 28.2 Å². The van der Waals surface area contributed by atoms with Gasteiger partial charge in [-0.05, 0) is 29.8 Å². The molecule has 0 bridgehead atoms. The summed E-state index contributed by atoms with van der Waals surface area (Å²) in [6.07, 6.45) is 1.81. The number of aromatic amines is 1. The number of fused-ring (bicyclic) bond motifs is 1. The van der Waals surface area contributed by atoms with E-state index >= 15 is 0 Å². The fraction of sp³-hybridized carbons (Fsp3) is 0.0714. The summed E-state index contributed by atoms with van der Waals surface area (Å²) in [5.41, 5.74) is 3.16. The van der Waals surface area contributed by atoms with Crippen molar-refractivity contribution in [2.24, 2.45) is 0 Å². The van der Waals surface area contributed by atoms with Crippen molar-refractivity contribution in [2.45, 2.75) is 6.54 Å². The van der Waals surface area contributed by atoms with Crippen LogP contribution >= 0.6 is 11.6 Å². The van der Waals surface area contributed by atoms with Crippen molar-refractivity contribution < 1.29 is 0 Å². The van der Waals surface area contributed by atoms with Crippen LogP contribution in [0.1, 0.15) is 5.56 Å². The molecule has 2 N–H and O–H groups in total. The van der Waals surface area contributed by atoms with Crippen LogP contribution in [0, 0.1) is 0 Å². The Balaban J connectivity index is 1.78. The van der Waals surface area contributed by atoms with E-state index in [4.69, 9.17) is 11.6 Å². The average Bonchev–Trinajstić information content (AvgIpc) is 2.85. The number of H-pyrrole nitrogens is 1. The Morgan fingerprint density at radius 3 is 2.94 bits per heavy atom. The molecule has 0 saturated carbocycles. The van der Waals surface area contributed by atoms with E-state index in [1.165, 1.54) is 0 Å². The van der Waals surface area contributed by atoms with E-state index in [1.54, 1.807) is 0 Å². The number of hydrogen-bond donors (Lipinski definition) is 2. The Bertz CT molecular complexity index is 675. The predicted octanol–water partition coefficient (Wildman–Crippen LogP) is 3.83. The van der Waals surface area contributed by atoms with E-state index < -0.39 is 0 Å². The molecule has 0 fully saturated rings. The predicted molar refractivity (Wildman–Crippen MR) is 74.9 cm³/mol. The maximum absolute atomic E-state index is 6.11. The van der Waals surface area contributed by atoms with E-state index in [0.717, 1.165) is 27.2 Å². The number of halogens is 1. The highest BCUT2D eigenvalue weighted by Crippen LogP contribution is 2.19. The number of nitrogens with one attached hydrogen (secondary N) is 2. The molecular weight excluding hydrogens is 246 g/mol. The van der Waals surface area contributed by atoms with Crippen LogP contribution in [-0.4, -0.2) is 10.2 Å². The van der Waals surface area contributed by atoms with Gasteiger partial charge in [0.1, 0.15) is 0 Å². The lowest BCUT2D eigenvalue weighted by Crippen LogP contribution is -1.99. The highest BCUT2D eigenvalue weighted by atomic mass is 35.5. The van der Waals surface area contributed by atoms with Gasteiger partial charge in [0, 0.05) is 22.6 Å². The number of aromatic nitrogens is 2. The second-order valence-electron chi connectivity index (χ2n) is 4.12. The fourth-order valence-corrected chi connectivity index (χ4v) is 2.09. The minimum atomic E-state index is 0.708. The first-order chi connectivity index (χ1) is 8.83. The molecule has 0 unspecified atom stereocenters. The largest absolute Gasteiger partial charge is 0.381 e. The van der Waals surface area contributed by atoms with Crippen LogP contribution in [0.3, 0.4) is 0 Å². The lowest BCUT2D eigenvalue weighted by molar-refractivity contribution is 1.12. The maximum Gasteiger partial charge on any atom is 0.0670 e. The van der Waals surface area contributed by atoms with Gasteiger partial charge in [-0.15, -0.1) is 0 Å². The molecule has 18 heavy (non-hydrogen) atoms. The first-order valence-electron chi connectivity index (χ1n) is 5.73. The van der Waals surface area contributed by atoms with Gasteiger partial charge in [-0.1, -0.05) is 29.8 Å². The highest BCUT2D eigenvalue weighted by Gasteiger charge is 2.00. The van der Waals surface area contributed by atoms with Crippen molar-refractivity contribution in [1.29, 1.82) is 0 Å². The van der Waals surface area contributed by atoms with Gasteiger partial charge in [0.2, 0.25) is 0 Å². The van der Waals surface area contributed by atoms with Crippen LogP contribution in [-0.2, 0) is 6.54 Å². The first kappa shape index (κ1) is 11.1. The van der Waals surface area contributed by atoms with Crippen LogP contribution in [0.4, 0.5) is 5.69 Å². The topological polar surface area (TPSA) is 40.7 Å². The minimum absolute atomic E-state index is 0.708. The second-order valence-corrected chi connectivity index (χ2v) is 4.52. The molecule has 2 aromatic carbocycles. The zero-order valence-corrected chi connectivity index (χ0v) is 10.4. The van der Waals surface area contributed by atoms with Crippen LogP contribution in [0.2, 0.25) is 5.02 Å². The molecule has 0 amide bonds. The Hall–Kier alpha value is -2.00. The Morgan fingerprint density at radius 1 is 1.17 bits per heavy atom. The first-order valence-corrected chi connectivity index (χ1v) is 6.11. The molecule has 1 aromatic heterocycles. The van der Waals surface area contributed by atoms with Crippen LogP contribution in [0.5, 0.6) is 0 Å². The molecule has 0 aliphatic rings. The summed E-state index contributed by atoms with van der Waals surface area (Å²) >= 11 is 6.11. The zero-order chi connectivity index (χ0) is 12.4. The molecule has 90 valence electrons. The van der Waals surface area contributed by atoms with Crippen LogP contribution < -0.4 is 5.32 Å². The van der Waals surface area contributed by atoms with Crippen molar-refractivity contribution in [3.8, 4) is 0 Å². The molecule has 0 spiro atoms. The van der Waals surface area contributed by atoms with E-state index in [9.17, 15) is 0 Å². The molecular formula is C14H12ClN3. The van der Waals surface area contributed by atoms with E-state index in [-0.39, 0.29) is 0 Å². The Kier molecular flexibility index (Phi) is 2.90. The molecule has 0 aliphatic carbocycles. The minimum Gasteiger partial charge on any atom is -0.381 e. The van der Waals surface area contributed by atoms with Gasteiger partial charge >= 0.3 is 0 Å². The van der Waals surface area contributed by atoms with E-state index in [1.807, 2.05) is 48.7 Å². The van der Waals surface area contributed by atoms with Crippen LogP contribution in [0.25, 0.3) is 10.9 Å². The fourth-order valence-electron chi connectivity index (χ4n) is 1.89. The highest BCUT2D eigenvalue weighted by molar-refractivity contribution is 6.31. The van der Waals surface area contributed by atoms with Crippen molar-refractivity contribution in [3.05, 3.63) is 59.2 Å². The lowest BCUT2D eigenvalue weighted by atomic mass is 10.2. The number of nitrogens with zero attached hydrogens (tertiary/aromatic N) is 1. The Labute approximate surface area is 110 Å². The monoisotopic (exact) mass is 257 g/mol. The molecule has 1 heterocycles. The molecule has 0 aliphatic heterocycles. The van der Waals surface area contributed by atoms with Gasteiger partial charge in [0.15, 0.2) is 0 Å². The molecule has 4 heteroatoms.